The Morgan fingerprint density at radius 3 is 3.20 bits per heavy atom. The molecule has 84 valence electrons. The lowest BCUT2D eigenvalue weighted by molar-refractivity contribution is 0.276. The molecule has 1 unspecified atom stereocenters. The van der Waals surface area contributed by atoms with E-state index >= 15 is 0 Å². The number of aromatic nitrogens is 3. The predicted molar refractivity (Wildman–Crippen MR) is 58.2 cm³/mol. The Hall–Kier alpha value is -1.20. The second kappa shape index (κ2) is 6.31. The second-order valence-electron chi connectivity index (χ2n) is 3.46. The molecule has 5 nitrogen and oxygen atoms in total. The molecule has 0 saturated heterocycles. The minimum Gasteiger partial charge on any atom is -0.396 e. The van der Waals surface area contributed by atoms with Gasteiger partial charge in [-0.15, -0.1) is 11.7 Å². The van der Waals surface area contributed by atoms with Gasteiger partial charge in [0.2, 0.25) is 0 Å². The minimum atomic E-state index is 0.181. The first-order valence-corrected chi connectivity index (χ1v) is 5.12. The number of aliphatic hydroxyl groups is 1. The van der Waals surface area contributed by atoms with E-state index < -0.39 is 0 Å². The zero-order valence-corrected chi connectivity index (χ0v) is 9.06. The molecule has 0 aliphatic rings. The van der Waals surface area contributed by atoms with Gasteiger partial charge in [-0.25, -0.2) is 0 Å². The third kappa shape index (κ3) is 4.22. The van der Waals surface area contributed by atoms with E-state index in [1.807, 2.05) is 19.2 Å². The van der Waals surface area contributed by atoms with E-state index in [4.69, 9.17) is 5.11 Å². The monoisotopic (exact) mass is 210 g/mol. The molecule has 0 spiro atoms. The molecular weight excluding hydrogens is 192 g/mol. The molecule has 0 amide bonds. The maximum absolute atomic E-state index is 8.66. The van der Waals surface area contributed by atoms with Gasteiger partial charge in [-0.1, -0.05) is 11.3 Å². The van der Waals surface area contributed by atoms with E-state index in [1.54, 1.807) is 4.68 Å². The van der Waals surface area contributed by atoms with Crippen LogP contribution in [0.2, 0.25) is 0 Å². The highest BCUT2D eigenvalue weighted by Crippen LogP contribution is 1.95. The third-order valence-corrected chi connectivity index (χ3v) is 2.09. The molecule has 15 heavy (non-hydrogen) atoms. The van der Waals surface area contributed by atoms with E-state index in [-0.39, 0.29) is 12.6 Å². The molecule has 5 heteroatoms. The largest absolute Gasteiger partial charge is 0.396 e. The molecule has 0 aliphatic carbocycles. The van der Waals surface area contributed by atoms with Crippen LogP contribution in [0.15, 0.2) is 18.9 Å². The topological polar surface area (TPSA) is 63.0 Å². The number of hydrogen-bond acceptors (Lipinski definition) is 4. The zero-order valence-electron chi connectivity index (χ0n) is 9.06. The summed E-state index contributed by atoms with van der Waals surface area (Å²) >= 11 is 0. The van der Waals surface area contributed by atoms with Gasteiger partial charge < -0.3 is 10.4 Å². The normalized spacial score (nSPS) is 12.7. The van der Waals surface area contributed by atoms with Gasteiger partial charge in [0, 0.05) is 31.9 Å². The quantitative estimate of drug-likeness (QED) is 0.636. The van der Waals surface area contributed by atoms with Crippen LogP contribution in [0.4, 0.5) is 0 Å². The first kappa shape index (κ1) is 11.9. The average molecular weight is 210 g/mol. The van der Waals surface area contributed by atoms with E-state index in [9.17, 15) is 0 Å². The van der Waals surface area contributed by atoms with E-state index in [0.29, 0.717) is 19.5 Å². The molecule has 1 aromatic rings. The van der Waals surface area contributed by atoms with Crippen LogP contribution >= 0.6 is 0 Å². The van der Waals surface area contributed by atoms with E-state index in [2.05, 4.69) is 22.2 Å². The molecule has 1 aromatic heterocycles. The number of nitrogens with zero attached hydrogens (tertiary/aromatic N) is 3. The molecule has 1 atom stereocenters. The molecule has 0 fully saturated rings. The number of aryl methyl sites for hydroxylation is 1. The summed E-state index contributed by atoms with van der Waals surface area (Å²) < 4.78 is 1.74. The van der Waals surface area contributed by atoms with Crippen LogP contribution in [0.5, 0.6) is 0 Å². The van der Waals surface area contributed by atoms with Crippen LogP contribution in [0.3, 0.4) is 0 Å². The van der Waals surface area contributed by atoms with E-state index in [1.165, 1.54) is 0 Å². The van der Waals surface area contributed by atoms with Crippen molar-refractivity contribution in [1.82, 2.24) is 20.3 Å². The van der Waals surface area contributed by atoms with E-state index in [0.717, 1.165) is 5.69 Å². The lowest BCUT2D eigenvalue weighted by atomic mass is 10.3. The summed E-state index contributed by atoms with van der Waals surface area (Å²) in [7, 11) is 0. The van der Waals surface area contributed by atoms with Crippen molar-refractivity contribution in [3.05, 3.63) is 24.5 Å². The highest BCUT2D eigenvalue weighted by molar-refractivity contribution is 4.93. The molecule has 0 aliphatic heterocycles. The first-order chi connectivity index (χ1) is 7.26. The van der Waals surface area contributed by atoms with Crippen molar-refractivity contribution in [1.29, 1.82) is 0 Å². The standard InChI is InChI=1S/C10H18N4O/c1-3-9(2)11-7-10-8-14(13-12-10)5-4-6-15/h3,8-9,11,15H,1,4-7H2,2H3. The fraction of sp³-hybridized carbons (Fsp3) is 0.600. The first-order valence-electron chi connectivity index (χ1n) is 5.12. The van der Waals surface area contributed by atoms with Crippen molar-refractivity contribution >= 4 is 0 Å². The smallest absolute Gasteiger partial charge is 0.0965 e. The van der Waals surface area contributed by atoms with Crippen LogP contribution in [0.25, 0.3) is 0 Å². The van der Waals surface area contributed by atoms with Crippen LogP contribution in [0, 0.1) is 0 Å². The lowest BCUT2D eigenvalue weighted by Crippen LogP contribution is -2.23. The molecule has 0 bridgehead atoms. The summed E-state index contributed by atoms with van der Waals surface area (Å²) in [5.41, 5.74) is 0.904. The minimum absolute atomic E-state index is 0.181. The van der Waals surface area contributed by atoms with Gasteiger partial charge in [0.1, 0.15) is 0 Å². The summed E-state index contributed by atoms with van der Waals surface area (Å²) in [6.45, 7) is 7.30. The van der Waals surface area contributed by atoms with Gasteiger partial charge in [-0.05, 0) is 13.3 Å². The van der Waals surface area contributed by atoms with Gasteiger partial charge in [-0.3, -0.25) is 4.68 Å². The molecular formula is C10H18N4O. The third-order valence-electron chi connectivity index (χ3n) is 2.09. The Labute approximate surface area is 89.8 Å². The van der Waals surface area contributed by atoms with Crippen molar-refractivity contribution in [3.8, 4) is 0 Å². The van der Waals surface area contributed by atoms with Crippen LogP contribution < -0.4 is 5.32 Å². The number of nitrogens with one attached hydrogen (secondary N) is 1. The zero-order chi connectivity index (χ0) is 11.1. The van der Waals surface area contributed by atoms with Gasteiger partial charge in [0.05, 0.1) is 5.69 Å². The average Bonchev–Trinajstić information content (AvgIpc) is 2.71. The van der Waals surface area contributed by atoms with Crippen molar-refractivity contribution in [3.63, 3.8) is 0 Å². The van der Waals surface area contributed by atoms with Crippen LogP contribution in [0.1, 0.15) is 19.0 Å². The molecule has 0 aromatic carbocycles. The number of aliphatic hydroxyl groups excluding tert-OH is 1. The maximum Gasteiger partial charge on any atom is 0.0965 e. The maximum atomic E-state index is 8.66. The Morgan fingerprint density at radius 2 is 2.53 bits per heavy atom. The Kier molecular flexibility index (Phi) is 5.00. The highest BCUT2D eigenvalue weighted by atomic mass is 16.3. The second-order valence-corrected chi connectivity index (χ2v) is 3.46. The van der Waals surface area contributed by atoms with Gasteiger partial charge >= 0.3 is 0 Å². The SMILES string of the molecule is C=CC(C)NCc1cn(CCCO)nn1. The number of hydrogen-bond donors (Lipinski definition) is 2. The van der Waals surface area contributed by atoms with Crippen molar-refractivity contribution in [2.24, 2.45) is 0 Å². The Balaban J connectivity index is 2.35. The van der Waals surface area contributed by atoms with Gasteiger partial charge in [0.15, 0.2) is 0 Å². The van der Waals surface area contributed by atoms with Crippen molar-refractivity contribution < 1.29 is 5.11 Å². The predicted octanol–water partition coefficient (Wildman–Crippen LogP) is 0.325. The van der Waals surface area contributed by atoms with Crippen LogP contribution in [-0.2, 0) is 13.1 Å². The summed E-state index contributed by atoms with van der Waals surface area (Å²) in [5, 5.41) is 19.8. The van der Waals surface area contributed by atoms with Crippen LogP contribution in [-0.4, -0.2) is 32.7 Å². The van der Waals surface area contributed by atoms with Crippen molar-refractivity contribution in [2.45, 2.75) is 32.5 Å². The summed E-state index contributed by atoms with van der Waals surface area (Å²) in [6.07, 6.45) is 4.44. The van der Waals surface area contributed by atoms with Gasteiger partial charge in [-0.2, -0.15) is 0 Å². The Morgan fingerprint density at radius 1 is 1.73 bits per heavy atom. The fourth-order valence-corrected chi connectivity index (χ4v) is 1.11. The molecule has 0 saturated carbocycles. The lowest BCUT2D eigenvalue weighted by Gasteiger charge is -2.05. The number of rotatable bonds is 7. The summed E-state index contributed by atoms with van der Waals surface area (Å²) in [4.78, 5) is 0. The molecule has 1 heterocycles. The molecule has 1 rings (SSSR count). The Bertz CT molecular complexity index is 297. The fourth-order valence-electron chi connectivity index (χ4n) is 1.11. The molecule has 0 radical (unpaired) electrons. The summed E-state index contributed by atoms with van der Waals surface area (Å²) in [6, 6.07) is 0.271. The highest BCUT2D eigenvalue weighted by Gasteiger charge is 2.01. The summed E-state index contributed by atoms with van der Waals surface area (Å²) in [5.74, 6) is 0. The van der Waals surface area contributed by atoms with Crippen molar-refractivity contribution in [2.75, 3.05) is 6.61 Å². The van der Waals surface area contributed by atoms with Gasteiger partial charge in [0.25, 0.3) is 0 Å². The molecule has 2 N–H and O–H groups in total.